The van der Waals surface area contributed by atoms with Gasteiger partial charge in [0.25, 0.3) is 0 Å². The van der Waals surface area contributed by atoms with Gasteiger partial charge in [-0.15, -0.1) is 0 Å². The van der Waals surface area contributed by atoms with E-state index in [9.17, 15) is 9.90 Å². The fourth-order valence-electron chi connectivity index (χ4n) is 0.608. The summed E-state index contributed by atoms with van der Waals surface area (Å²) in [6.07, 6.45) is -1.93. The summed E-state index contributed by atoms with van der Waals surface area (Å²) in [4.78, 5) is 9.93. The molecule has 3 atom stereocenters. The van der Waals surface area contributed by atoms with Crippen LogP contribution >= 0.6 is 0 Å². The van der Waals surface area contributed by atoms with Crippen LogP contribution in [0.15, 0.2) is 0 Å². The Balaban J connectivity index is 4.16. The third-order valence-electron chi connectivity index (χ3n) is 1.84. The lowest BCUT2D eigenvalue weighted by Crippen LogP contribution is -2.48. The molecular formula is C7H14O4. The number of aliphatic hydroxyl groups excluding tert-OH is 2. The zero-order valence-corrected chi connectivity index (χ0v) is 6.69. The largest absolute Gasteiger partial charge is 0.390 e. The van der Waals surface area contributed by atoms with E-state index < -0.39 is 17.8 Å². The molecule has 3 N–H and O–H groups in total. The van der Waals surface area contributed by atoms with Crippen molar-refractivity contribution in [3.8, 4) is 0 Å². The van der Waals surface area contributed by atoms with Crippen LogP contribution in [0.2, 0.25) is 0 Å². The smallest absolute Gasteiger partial charge is 0.122 e. The van der Waals surface area contributed by atoms with E-state index in [1.165, 1.54) is 13.8 Å². The number of aldehydes is 1. The van der Waals surface area contributed by atoms with Gasteiger partial charge in [-0.05, 0) is 13.8 Å². The lowest BCUT2D eigenvalue weighted by molar-refractivity contribution is -0.136. The van der Waals surface area contributed by atoms with Crippen molar-refractivity contribution in [2.24, 2.45) is 0 Å². The van der Waals surface area contributed by atoms with Crippen molar-refractivity contribution in [2.45, 2.75) is 38.1 Å². The monoisotopic (exact) mass is 162 g/mol. The van der Waals surface area contributed by atoms with E-state index >= 15 is 0 Å². The first kappa shape index (κ1) is 10.6. The summed E-state index contributed by atoms with van der Waals surface area (Å²) in [5.74, 6) is 0. The van der Waals surface area contributed by atoms with Gasteiger partial charge in [-0.3, -0.25) is 0 Å². The highest BCUT2D eigenvalue weighted by Crippen LogP contribution is 2.16. The Morgan fingerprint density at radius 2 is 2.00 bits per heavy atom. The standard InChI is InChI=1S/C7H14O4/c1-5(9)7(2,11)6(10)3-4-8/h4-6,9-11H,3H2,1-2H3/t5-,6+,7-/m1/s1. The van der Waals surface area contributed by atoms with Crippen LogP contribution < -0.4 is 0 Å². The Morgan fingerprint density at radius 3 is 2.27 bits per heavy atom. The van der Waals surface area contributed by atoms with Gasteiger partial charge in [0.15, 0.2) is 0 Å². The molecule has 0 heterocycles. The molecule has 0 aliphatic rings. The van der Waals surface area contributed by atoms with E-state index in [1.54, 1.807) is 0 Å². The molecule has 0 radical (unpaired) electrons. The molecule has 0 aromatic heterocycles. The fraction of sp³-hybridized carbons (Fsp3) is 0.857. The first-order chi connectivity index (χ1) is 4.92. The molecule has 0 rings (SSSR count). The minimum Gasteiger partial charge on any atom is -0.390 e. The molecule has 0 aromatic carbocycles. The third-order valence-corrected chi connectivity index (χ3v) is 1.84. The molecular weight excluding hydrogens is 148 g/mol. The van der Waals surface area contributed by atoms with Crippen LogP contribution in [-0.4, -0.2) is 39.4 Å². The second kappa shape index (κ2) is 3.80. The number of carbonyl (C=O) groups is 1. The second-order valence-electron chi connectivity index (χ2n) is 2.82. The molecule has 0 amide bonds. The second-order valence-corrected chi connectivity index (χ2v) is 2.82. The van der Waals surface area contributed by atoms with Gasteiger partial charge < -0.3 is 20.1 Å². The van der Waals surface area contributed by atoms with Crippen LogP contribution in [0.4, 0.5) is 0 Å². The first-order valence-electron chi connectivity index (χ1n) is 3.45. The molecule has 0 saturated heterocycles. The summed E-state index contributed by atoms with van der Waals surface area (Å²) in [6, 6.07) is 0. The number of hydrogen-bond acceptors (Lipinski definition) is 4. The summed E-state index contributed by atoms with van der Waals surface area (Å²) in [7, 11) is 0. The zero-order chi connectivity index (χ0) is 9.07. The van der Waals surface area contributed by atoms with Crippen molar-refractivity contribution < 1.29 is 20.1 Å². The van der Waals surface area contributed by atoms with Gasteiger partial charge in [0.2, 0.25) is 0 Å². The summed E-state index contributed by atoms with van der Waals surface area (Å²) >= 11 is 0. The third kappa shape index (κ3) is 2.57. The minimum absolute atomic E-state index is 0.169. The van der Waals surface area contributed by atoms with Gasteiger partial charge in [0.1, 0.15) is 11.9 Å². The normalized spacial score (nSPS) is 21.9. The van der Waals surface area contributed by atoms with Gasteiger partial charge in [-0.25, -0.2) is 0 Å². The average molecular weight is 162 g/mol. The highest BCUT2D eigenvalue weighted by atomic mass is 16.4. The molecule has 0 spiro atoms. The molecule has 0 aliphatic carbocycles. The van der Waals surface area contributed by atoms with Gasteiger partial charge in [0, 0.05) is 6.42 Å². The average Bonchev–Trinajstić information content (AvgIpc) is 1.88. The molecule has 0 aromatic rings. The van der Waals surface area contributed by atoms with E-state index in [4.69, 9.17) is 10.2 Å². The maximum atomic E-state index is 9.93. The highest BCUT2D eigenvalue weighted by Gasteiger charge is 2.34. The number of carbonyl (C=O) groups excluding carboxylic acids is 1. The molecule has 0 aliphatic heterocycles. The van der Waals surface area contributed by atoms with E-state index in [0.717, 1.165) is 0 Å². The molecule has 0 unspecified atom stereocenters. The lowest BCUT2D eigenvalue weighted by atomic mass is 9.92. The van der Waals surface area contributed by atoms with Crippen molar-refractivity contribution >= 4 is 6.29 Å². The first-order valence-corrected chi connectivity index (χ1v) is 3.45. The zero-order valence-electron chi connectivity index (χ0n) is 6.69. The van der Waals surface area contributed by atoms with Crippen molar-refractivity contribution in [1.29, 1.82) is 0 Å². The maximum Gasteiger partial charge on any atom is 0.122 e. The predicted molar refractivity (Wildman–Crippen MR) is 39.0 cm³/mol. The molecule has 4 nitrogen and oxygen atoms in total. The van der Waals surface area contributed by atoms with Crippen molar-refractivity contribution in [3.63, 3.8) is 0 Å². The predicted octanol–water partition coefficient (Wildman–Crippen LogP) is -0.932. The van der Waals surface area contributed by atoms with Gasteiger partial charge in [-0.2, -0.15) is 0 Å². The Bertz CT molecular complexity index is 130. The van der Waals surface area contributed by atoms with E-state index in [1.807, 2.05) is 0 Å². The van der Waals surface area contributed by atoms with Crippen LogP contribution in [0, 0.1) is 0 Å². The molecule has 11 heavy (non-hydrogen) atoms. The molecule has 0 bridgehead atoms. The van der Waals surface area contributed by atoms with Crippen LogP contribution in [0.1, 0.15) is 20.3 Å². The topological polar surface area (TPSA) is 77.8 Å². The van der Waals surface area contributed by atoms with Gasteiger partial charge in [0.05, 0.1) is 12.2 Å². The Kier molecular flexibility index (Phi) is 3.65. The summed E-state index contributed by atoms with van der Waals surface area (Å²) < 4.78 is 0. The number of hydrogen-bond donors (Lipinski definition) is 3. The van der Waals surface area contributed by atoms with Gasteiger partial charge in [-0.1, -0.05) is 0 Å². The van der Waals surface area contributed by atoms with Crippen LogP contribution in [0.25, 0.3) is 0 Å². The highest BCUT2D eigenvalue weighted by molar-refractivity contribution is 5.50. The van der Waals surface area contributed by atoms with E-state index in [0.29, 0.717) is 6.29 Å². The van der Waals surface area contributed by atoms with Crippen molar-refractivity contribution in [3.05, 3.63) is 0 Å². The summed E-state index contributed by atoms with van der Waals surface area (Å²) in [5, 5.41) is 27.4. The molecule has 4 heteroatoms. The van der Waals surface area contributed by atoms with Crippen LogP contribution in [0.5, 0.6) is 0 Å². The Labute approximate surface area is 65.5 Å². The summed E-state index contributed by atoms with van der Waals surface area (Å²) in [5.41, 5.74) is -1.61. The Hall–Kier alpha value is -0.450. The Morgan fingerprint density at radius 1 is 1.55 bits per heavy atom. The SMILES string of the molecule is C[C@@H](O)[C@@](C)(O)[C@@H](O)CC=O. The van der Waals surface area contributed by atoms with E-state index in [2.05, 4.69) is 0 Å². The quantitative estimate of drug-likeness (QED) is 0.467. The molecule has 66 valence electrons. The van der Waals surface area contributed by atoms with Crippen molar-refractivity contribution in [1.82, 2.24) is 0 Å². The van der Waals surface area contributed by atoms with E-state index in [-0.39, 0.29) is 6.42 Å². The number of rotatable bonds is 4. The maximum absolute atomic E-state index is 9.93. The van der Waals surface area contributed by atoms with Crippen LogP contribution in [0.3, 0.4) is 0 Å². The molecule has 0 saturated carbocycles. The molecule has 0 fully saturated rings. The minimum atomic E-state index is -1.61. The lowest BCUT2D eigenvalue weighted by Gasteiger charge is -2.30. The number of aliphatic hydroxyl groups is 3. The van der Waals surface area contributed by atoms with Crippen molar-refractivity contribution in [2.75, 3.05) is 0 Å². The van der Waals surface area contributed by atoms with Crippen LogP contribution in [-0.2, 0) is 4.79 Å². The van der Waals surface area contributed by atoms with Gasteiger partial charge >= 0.3 is 0 Å². The summed E-state index contributed by atoms with van der Waals surface area (Å²) in [6.45, 7) is 2.64. The fourth-order valence-corrected chi connectivity index (χ4v) is 0.608.